The Bertz CT molecular complexity index is 342. The van der Waals surface area contributed by atoms with Crippen molar-refractivity contribution in [1.29, 1.82) is 0 Å². The van der Waals surface area contributed by atoms with Crippen molar-refractivity contribution in [3.8, 4) is 0 Å². The number of likely N-dealkylation sites (tertiary alicyclic amines) is 1. The summed E-state index contributed by atoms with van der Waals surface area (Å²) < 4.78 is 0. The molecule has 1 saturated heterocycles. The molecule has 6 heteroatoms. The second-order valence-electron chi connectivity index (χ2n) is 4.30. The molecule has 0 aromatic heterocycles. The van der Waals surface area contributed by atoms with Crippen molar-refractivity contribution in [3.05, 3.63) is 0 Å². The zero-order chi connectivity index (χ0) is 13.2. The molecular weight excluding hydrogens is 224 g/mol. The van der Waals surface area contributed by atoms with Gasteiger partial charge < -0.3 is 14.9 Å². The normalized spacial score (nSPS) is 21.5. The summed E-state index contributed by atoms with van der Waals surface area (Å²) in [6, 6.07) is -0.867. The summed E-state index contributed by atoms with van der Waals surface area (Å²) in [5.41, 5.74) is 0. The van der Waals surface area contributed by atoms with Crippen LogP contribution in [0.25, 0.3) is 0 Å². The van der Waals surface area contributed by atoms with Crippen molar-refractivity contribution in [3.63, 3.8) is 0 Å². The van der Waals surface area contributed by atoms with Gasteiger partial charge in [-0.05, 0) is 13.8 Å². The molecule has 0 spiro atoms. The average molecular weight is 242 g/mol. The Labute approximate surface area is 100 Å². The molecule has 0 aliphatic carbocycles. The first-order valence-corrected chi connectivity index (χ1v) is 5.65. The fraction of sp³-hybridized carbons (Fsp3) is 0.727. The monoisotopic (exact) mass is 242 g/mol. The van der Waals surface area contributed by atoms with Crippen molar-refractivity contribution < 1.29 is 19.5 Å². The van der Waals surface area contributed by atoms with Crippen LogP contribution in [0, 0.1) is 5.92 Å². The van der Waals surface area contributed by atoms with Crippen LogP contribution >= 0.6 is 0 Å². The van der Waals surface area contributed by atoms with Gasteiger partial charge in [0.1, 0.15) is 6.04 Å². The molecule has 0 saturated carbocycles. The molecular formula is C11H18N2O4. The lowest BCUT2D eigenvalue weighted by Crippen LogP contribution is -2.43. The van der Waals surface area contributed by atoms with Gasteiger partial charge in [-0.1, -0.05) is 0 Å². The Hall–Kier alpha value is -1.59. The zero-order valence-electron chi connectivity index (χ0n) is 10.3. The van der Waals surface area contributed by atoms with Crippen LogP contribution in [0.4, 0.5) is 0 Å². The molecule has 96 valence electrons. The van der Waals surface area contributed by atoms with Gasteiger partial charge in [0.15, 0.2) is 0 Å². The smallest absolute Gasteiger partial charge is 0.326 e. The lowest BCUT2D eigenvalue weighted by Gasteiger charge is -2.24. The molecule has 1 heterocycles. The van der Waals surface area contributed by atoms with Gasteiger partial charge in [0.25, 0.3) is 0 Å². The number of carbonyl (C=O) groups is 3. The van der Waals surface area contributed by atoms with Crippen LogP contribution in [0.15, 0.2) is 0 Å². The number of likely N-dealkylation sites (N-methyl/N-ethyl adjacent to an activating group) is 1. The van der Waals surface area contributed by atoms with E-state index in [-0.39, 0.29) is 18.2 Å². The highest BCUT2D eigenvalue weighted by Crippen LogP contribution is 2.20. The third-order valence-electron chi connectivity index (χ3n) is 3.23. The Kier molecular flexibility index (Phi) is 4.09. The SMILES string of the molecule is CCN1CC(C(=O)N(C)C(C)C(=O)O)CC1=O. The van der Waals surface area contributed by atoms with Crippen LogP contribution in [-0.4, -0.2) is 58.9 Å². The largest absolute Gasteiger partial charge is 0.480 e. The summed E-state index contributed by atoms with van der Waals surface area (Å²) >= 11 is 0. The first-order chi connectivity index (χ1) is 7.88. The molecule has 2 atom stereocenters. The standard InChI is InChI=1S/C11H18N2O4/c1-4-13-6-8(5-9(13)14)10(15)12(3)7(2)11(16)17/h7-8H,4-6H2,1-3H3,(H,16,17). The highest BCUT2D eigenvalue weighted by atomic mass is 16.4. The fourth-order valence-electron chi connectivity index (χ4n) is 1.89. The number of rotatable bonds is 4. The van der Waals surface area contributed by atoms with Gasteiger partial charge in [0.2, 0.25) is 11.8 Å². The third-order valence-corrected chi connectivity index (χ3v) is 3.23. The van der Waals surface area contributed by atoms with Crippen LogP contribution in [0.2, 0.25) is 0 Å². The number of carboxylic acids is 1. The fourth-order valence-corrected chi connectivity index (χ4v) is 1.89. The highest BCUT2D eigenvalue weighted by Gasteiger charge is 2.36. The van der Waals surface area contributed by atoms with Crippen molar-refractivity contribution >= 4 is 17.8 Å². The molecule has 2 amide bonds. The van der Waals surface area contributed by atoms with E-state index in [2.05, 4.69) is 0 Å². The topological polar surface area (TPSA) is 77.9 Å². The molecule has 0 bridgehead atoms. The van der Waals surface area contributed by atoms with E-state index in [0.717, 1.165) is 0 Å². The molecule has 0 radical (unpaired) electrons. The van der Waals surface area contributed by atoms with E-state index in [1.54, 1.807) is 4.90 Å². The minimum Gasteiger partial charge on any atom is -0.480 e. The van der Waals surface area contributed by atoms with E-state index in [1.165, 1.54) is 18.9 Å². The van der Waals surface area contributed by atoms with Gasteiger partial charge in [-0.15, -0.1) is 0 Å². The summed E-state index contributed by atoms with van der Waals surface area (Å²) in [6.45, 7) is 4.29. The molecule has 2 unspecified atom stereocenters. The Morgan fingerprint density at radius 1 is 1.59 bits per heavy atom. The number of hydrogen-bond donors (Lipinski definition) is 1. The quantitative estimate of drug-likeness (QED) is 0.739. The third kappa shape index (κ3) is 2.75. The van der Waals surface area contributed by atoms with E-state index in [9.17, 15) is 14.4 Å². The van der Waals surface area contributed by atoms with Crippen LogP contribution in [0.5, 0.6) is 0 Å². The number of carboxylic acid groups (broad SMARTS) is 1. The lowest BCUT2D eigenvalue weighted by atomic mass is 10.1. The van der Waals surface area contributed by atoms with Crippen molar-refractivity contribution in [2.75, 3.05) is 20.1 Å². The molecule has 6 nitrogen and oxygen atoms in total. The summed E-state index contributed by atoms with van der Waals surface area (Å²) in [4.78, 5) is 37.0. The summed E-state index contributed by atoms with van der Waals surface area (Å²) in [7, 11) is 1.46. The Balaban J connectivity index is 2.66. The zero-order valence-corrected chi connectivity index (χ0v) is 10.3. The van der Waals surface area contributed by atoms with Crippen LogP contribution in [0.1, 0.15) is 20.3 Å². The molecule has 0 aromatic rings. The number of aliphatic carboxylic acids is 1. The lowest BCUT2D eigenvalue weighted by molar-refractivity contribution is -0.149. The molecule has 0 aromatic carbocycles. The number of amides is 2. The first-order valence-electron chi connectivity index (χ1n) is 5.65. The Morgan fingerprint density at radius 3 is 2.59 bits per heavy atom. The van der Waals surface area contributed by atoms with Gasteiger partial charge in [-0.3, -0.25) is 9.59 Å². The summed E-state index contributed by atoms with van der Waals surface area (Å²) in [5, 5.41) is 8.82. The molecule has 1 aliphatic heterocycles. The van der Waals surface area contributed by atoms with E-state index in [4.69, 9.17) is 5.11 Å². The van der Waals surface area contributed by atoms with Crippen molar-refractivity contribution in [1.82, 2.24) is 9.80 Å². The summed E-state index contributed by atoms with van der Waals surface area (Å²) in [6.07, 6.45) is 0.184. The second kappa shape index (κ2) is 5.16. The van der Waals surface area contributed by atoms with E-state index in [1.807, 2.05) is 6.92 Å². The van der Waals surface area contributed by atoms with E-state index < -0.39 is 17.9 Å². The van der Waals surface area contributed by atoms with Gasteiger partial charge >= 0.3 is 5.97 Å². The van der Waals surface area contributed by atoms with E-state index in [0.29, 0.717) is 13.1 Å². The number of hydrogen-bond acceptors (Lipinski definition) is 3. The molecule has 1 N–H and O–H groups in total. The molecule has 1 fully saturated rings. The van der Waals surface area contributed by atoms with Gasteiger partial charge in [0, 0.05) is 26.6 Å². The first kappa shape index (κ1) is 13.5. The molecule has 1 rings (SSSR count). The maximum Gasteiger partial charge on any atom is 0.326 e. The Morgan fingerprint density at radius 2 is 2.18 bits per heavy atom. The van der Waals surface area contributed by atoms with Crippen molar-refractivity contribution in [2.45, 2.75) is 26.3 Å². The molecule has 17 heavy (non-hydrogen) atoms. The highest BCUT2D eigenvalue weighted by molar-refractivity contribution is 5.91. The van der Waals surface area contributed by atoms with Gasteiger partial charge in [-0.25, -0.2) is 4.79 Å². The summed E-state index contributed by atoms with van der Waals surface area (Å²) in [5.74, 6) is -1.77. The number of nitrogens with zero attached hydrogens (tertiary/aromatic N) is 2. The van der Waals surface area contributed by atoms with Crippen LogP contribution < -0.4 is 0 Å². The average Bonchev–Trinajstić information content (AvgIpc) is 2.67. The maximum absolute atomic E-state index is 12.0. The second-order valence-corrected chi connectivity index (χ2v) is 4.30. The van der Waals surface area contributed by atoms with Crippen LogP contribution in [-0.2, 0) is 14.4 Å². The minimum atomic E-state index is -1.04. The minimum absolute atomic E-state index is 0.0396. The molecule has 1 aliphatic rings. The van der Waals surface area contributed by atoms with Gasteiger partial charge in [-0.2, -0.15) is 0 Å². The predicted octanol–water partition coefficient (Wildman–Crippen LogP) is -0.214. The predicted molar refractivity (Wildman–Crippen MR) is 60.2 cm³/mol. The van der Waals surface area contributed by atoms with Crippen LogP contribution in [0.3, 0.4) is 0 Å². The van der Waals surface area contributed by atoms with Crippen molar-refractivity contribution in [2.24, 2.45) is 5.92 Å². The number of carbonyl (C=O) groups excluding carboxylic acids is 2. The van der Waals surface area contributed by atoms with Gasteiger partial charge in [0.05, 0.1) is 5.92 Å². The van der Waals surface area contributed by atoms with E-state index >= 15 is 0 Å². The maximum atomic E-state index is 12.0.